The predicted molar refractivity (Wildman–Crippen MR) is 135 cm³/mol. The van der Waals surface area contributed by atoms with Gasteiger partial charge in [0, 0.05) is 13.6 Å². The molecule has 0 spiro atoms. The van der Waals surface area contributed by atoms with E-state index in [1.165, 1.54) is 31.0 Å². The molecular weight excluding hydrogens is 448 g/mol. The summed E-state index contributed by atoms with van der Waals surface area (Å²) in [5, 5.41) is 3.92. The summed E-state index contributed by atoms with van der Waals surface area (Å²) in [4.78, 5) is 30.9. The molecule has 3 aromatic carbocycles. The lowest BCUT2D eigenvalue weighted by atomic mass is 9.84. The number of hydroxylamine groups is 2. The van der Waals surface area contributed by atoms with Gasteiger partial charge in [-0.3, -0.25) is 9.63 Å². The number of nitrogens with one attached hydrogen (secondary N) is 1. The number of benzene rings is 3. The van der Waals surface area contributed by atoms with Crippen LogP contribution in [0.3, 0.4) is 0 Å². The number of rotatable bonds is 9. The van der Waals surface area contributed by atoms with Crippen LogP contribution in [0.1, 0.15) is 23.6 Å². The monoisotopic (exact) mass is 478 g/mol. The fraction of sp³-hybridized carbons (Fsp3) is 0.259. The summed E-state index contributed by atoms with van der Waals surface area (Å²) in [6.07, 6.45) is -0.607. The van der Waals surface area contributed by atoms with Gasteiger partial charge in [-0.05, 0) is 23.6 Å². The largest absolute Gasteiger partial charge is 0.453 e. The van der Waals surface area contributed by atoms with Gasteiger partial charge in [-0.25, -0.2) is 9.86 Å². The highest BCUT2D eigenvalue weighted by molar-refractivity contribution is 8.02. The van der Waals surface area contributed by atoms with Gasteiger partial charge in [0.05, 0.1) is 19.0 Å². The molecule has 0 heterocycles. The first-order valence-electron chi connectivity index (χ1n) is 10.9. The van der Waals surface area contributed by atoms with Gasteiger partial charge in [-0.15, -0.1) is 11.8 Å². The van der Waals surface area contributed by atoms with Crippen LogP contribution in [0.2, 0.25) is 0 Å². The Morgan fingerprint density at radius 1 is 0.824 bits per heavy atom. The number of thioether (sulfide) groups is 1. The van der Waals surface area contributed by atoms with E-state index in [4.69, 9.17) is 9.57 Å². The third kappa shape index (κ3) is 5.26. The normalized spacial score (nSPS) is 12.9. The highest BCUT2D eigenvalue weighted by atomic mass is 32.2. The van der Waals surface area contributed by atoms with Gasteiger partial charge in [0.15, 0.2) is 0 Å². The van der Waals surface area contributed by atoms with Crippen LogP contribution in [-0.4, -0.2) is 49.6 Å². The van der Waals surface area contributed by atoms with Crippen molar-refractivity contribution in [1.82, 2.24) is 10.4 Å². The molecule has 0 radical (unpaired) electrons. The van der Waals surface area contributed by atoms with Crippen molar-refractivity contribution in [2.24, 2.45) is 0 Å². The molecule has 2 amide bonds. The molecule has 0 fully saturated rings. The maximum Gasteiger partial charge on any atom is 0.406 e. The Labute approximate surface area is 205 Å². The van der Waals surface area contributed by atoms with Crippen molar-refractivity contribution in [3.8, 4) is 0 Å². The molecule has 0 saturated carbocycles. The number of ether oxygens (including phenoxy) is 1. The van der Waals surface area contributed by atoms with Crippen LogP contribution < -0.4 is 5.32 Å². The third-order valence-electron chi connectivity index (χ3n) is 5.69. The van der Waals surface area contributed by atoms with Crippen molar-refractivity contribution >= 4 is 23.8 Å². The minimum Gasteiger partial charge on any atom is -0.453 e. The maximum atomic E-state index is 13.7. The second-order valence-electron chi connectivity index (χ2n) is 7.94. The lowest BCUT2D eigenvalue weighted by Crippen LogP contribution is -2.52. The van der Waals surface area contributed by atoms with Crippen molar-refractivity contribution in [3.05, 3.63) is 108 Å². The molecule has 0 bridgehead atoms. The summed E-state index contributed by atoms with van der Waals surface area (Å²) in [7, 11) is 4.30. The highest BCUT2D eigenvalue weighted by Crippen LogP contribution is 2.53. The Balaban J connectivity index is 2.27. The Kier molecular flexibility index (Phi) is 8.36. The summed E-state index contributed by atoms with van der Waals surface area (Å²) in [6, 6.07) is 30.2. The van der Waals surface area contributed by atoms with E-state index in [-0.39, 0.29) is 12.5 Å². The van der Waals surface area contributed by atoms with Gasteiger partial charge in [0.1, 0.15) is 4.75 Å². The number of hydrogen-bond donors (Lipinski definition) is 1. The molecular formula is C27H30N2O4S. The summed E-state index contributed by atoms with van der Waals surface area (Å²) in [5.74, 6) is -0.288. The van der Waals surface area contributed by atoms with Gasteiger partial charge in [-0.2, -0.15) is 0 Å². The fourth-order valence-electron chi connectivity index (χ4n) is 3.92. The smallest absolute Gasteiger partial charge is 0.406 e. The average Bonchev–Trinajstić information content (AvgIpc) is 2.91. The summed E-state index contributed by atoms with van der Waals surface area (Å²) in [5.41, 5.74) is 3.03. The molecule has 1 atom stereocenters. The molecule has 7 heteroatoms. The molecule has 1 N–H and O–H groups in total. The number of carbonyl (C=O) groups excluding carboxylic acids is 2. The minimum absolute atomic E-state index is 0.0329. The minimum atomic E-state index is -1.12. The van der Waals surface area contributed by atoms with Crippen molar-refractivity contribution in [3.63, 3.8) is 0 Å². The van der Waals surface area contributed by atoms with Crippen LogP contribution in [0.4, 0.5) is 4.79 Å². The molecule has 0 aliphatic heterocycles. The Hall–Kier alpha value is -3.29. The number of hydrogen-bond acceptors (Lipinski definition) is 5. The quantitative estimate of drug-likeness (QED) is 0.352. The number of carbonyl (C=O) groups is 2. The highest BCUT2D eigenvalue weighted by Gasteiger charge is 2.48. The van der Waals surface area contributed by atoms with E-state index in [0.717, 1.165) is 16.7 Å². The Morgan fingerprint density at radius 3 is 1.59 bits per heavy atom. The maximum absolute atomic E-state index is 13.7. The van der Waals surface area contributed by atoms with E-state index in [2.05, 4.69) is 41.7 Å². The average molecular weight is 479 g/mol. The lowest BCUT2D eigenvalue weighted by Gasteiger charge is -2.42. The van der Waals surface area contributed by atoms with Crippen LogP contribution in [0.5, 0.6) is 0 Å². The molecule has 3 aromatic rings. The van der Waals surface area contributed by atoms with Crippen molar-refractivity contribution in [2.45, 2.75) is 16.4 Å². The Morgan fingerprint density at radius 2 is 1.24 bits per heavy atom. The number of alkyl carbamates (subject to hydrolysis) is 1. The van der Waals surface area contributed by atoms with Gasteiger partial charge >= 0.3 is 6.09 Å². The summed E-state index contributed by atoms with van der Waals surface area (Å²) >= 11 is 1.46. The molecule has 34 heavy (non-hydrogen) atoms. The second kappa shape index (κ2) is 11.2. The second-order valence-corrected chi connectivity index (χ2v) is 9.66. The van der Waals surface area contributed by atoms with Gasteiger partial charge in [-0.1, -0.05) is 91.0 Å². The topological polar surface area (TPSA) is 67.9 Å². The first kappa shape index (κ1) is 25.3. The van der Waals surface area contributed by atoms with Crippen molar-refractivity contribution in [1.29, 1.82) is 0 Å². The number of amides is 2. The SMILES string of the molecule is COC(=O)NC[C@](C)(SC(c1ccccc1)(c1ccccc1)c1ccccc1)C(=O)N(C)OC. The van der Waals surface area contributed by atoms with Crippen LogP contribution in [0.15, 0.2) is 91.0 Å². The molecule has 0 aliphatic rings. The molecule has 0 aromatic heterocycles. The first-order valence-corrected chi connectivity index (χ1v) is 11.7. The van der Waals surface area contributed by atoms with Crippen molar-refractivity contribution in [2.75, 3.05) is 27.8 Å². The molecule has 0 unspecified atom stereocenters. The van der Waals surface area contributed by atoms with E-state index in [1.807, 2.05) is 61.5 Å². The van der Waals surface area contributed by atoms with Crippen LogP contribution in [-0.2, 0) is 19.1 Å². The zero-order valence-electron chi connectivity index (χ0n) is 19.9. The fourth-order valence-corrected chi connectivity index (χ4v) is 5.72. The zero-order chi connectivity index (χ0) is 24.6. The first-order chi connectivity index (χ1) is 16.4. The molecule has 3 rings (SSSR count). The van der Waals surface area contributed by atoms with Gasteiger partial charge < -0.3 is 10.1 Å². The van der Waals surface area contributed by atoms with E-state index in [9.17, 15) is 9.59 Å². The van der Waals surface area contributed by atoms with E-state index in [0.29, 0.717) is 0 Å². The predicted octanol–water partition coefficient (Wildman–Crippen LogP) is 4.85. The van der Waals surface area contributed by atoms with Crippen LogP contribution in [0.25, 0.3) is 0 Å². The van der Waals surface area contributed by atoms with E-state index < -0.39 is 15.6 Å². The lowest BCUT2D eigenvalue weighted by molar-refractivity contribution is -0.170. The summed E-state index contributed by atoms with van der Waals surface area (Å²) < 4.78 is 2.89. The van der Waals surface area contributed by atoms with E-state index in [1.54, 1.807) is 7.05 Å². The van der Waals surface area contributed by atoms with Crippen molar-refractivity contribution < 1.29 is 19.2 Å². The standard InChI is InChI=1S/C27H30N2O4S/c1-26(20-28-25(31)32-3,24(30)29(2)33-4)34-27(21-14-8-5-9-15-21,22-16-10-6-11-17-22)23-18-12-7-13-19-23/h5-19H,20H2,1-4H3,(H,28,31)/t26-/m0/s1. The number of nitrogens with zero attached hydrogens (tertiary/aromatic N) is 1. The molecule has 0 saturated heterocycles. The van der Waals surface area contributed by atoms with Crippen LogP contribution in [0, 0.1) is 0 Å². The van der Waals surface area contributed by atoms with Gasteiger partial charge in [0.2, 0.25) is 0 Å². The van der Waals surface area contributed by atoms with E-state index >= 15 is 0 Å². The molecule has 6 nitrogen and oxygen atoms in total. The third-order valence-corrected chi connectivity index (χ3v) is 7.47. The van der Waals surface area contributed by atoms with Gasteiger partial charge in [0.25, 0.3) is 5.91 Å². The molecule has 178 valence electrons. The zero-order valence-corrected chi connectivity index (χ0v) is 20.7. The van der Waals surface area contributed by atoms with Crippen LogP contribution >= 0.6 is 11.8 Å². The summed E-state index contributed by atoms with van der Waals surface area (Å²) in [6.45, 7) is 1.85. The Bertz CT molecular complexity index is 983. The molecule has 0 aliphatic carbocycles. The number of methoxy groups -OCH3 is 1.